The molecule has 0 radical (unpaired) electrons. The van der Waals surface area contributed by atoms with Gasteiger partial charge in [0.15, 0.2) is 0 Å². The smallest absolute Gasteiger partial charge is 0.333 e. The Hall–Kier alpha value is -1.83. The van der Waals surface area contributed by atoms with Gasteiger partial charge in [-0.1, -0.05) is 0 Å². The molecule has 0 fully saturated rings. The minimum atomic E-state index is -2.65. The Kier molecular flexibility index (Phi) is 5.11. The zero-order chi connectivity index (χ0) is 13.1. The highest BCUT2D eigenvalue weighted by Crippen LogP contribution is 2.22. The summed E-state index contributed by atoms with van der Waals surface area (Å²) < 4.78 is 32.4. The first-order chi connectivity index (χ1) is 8.61. The first-order valence-corrected chi connectivity index (χ1v) is 5.24. The second-order valence-electron chi connectivity index (χ2n) is 3.62. The number of rotatable bonds is 5. The molecule has 0 aliphatic rings. The van der Waals surface area contributed by atoms with Crippen molar-refractivity contribution in [1.29, 1.82) is 0 Å². The first-order valence-electron chi connectivity index (χ1n) is 5.24. The molecule has 0 atom stereocenters. The van der Waals surface area contributed by atoms with Gasteiger partial charge in [-0.3, -0.25) is 4.68 Å². The highest BCUT2D eigenvalue weighted by atomic mass is 35.5. The Morgan fingerprint density at radius 1 is 1.47 bits per heavy atom. The van der Waals surface area contributed by atoms with E-state index in [0.29, 0.717) is 21.9 Å². The number of hydrogen-bond acceptors (Lipinski definition) is 4. The van der Waals surface area contributed by atoms with Crippen LogP contribution in [-0.2, 0) is 13.6 Å². The number of hydrogen-bond donors (Lipinski definition) is 1. The van der Waals surface area contributed by atoms with E-state index < -0.39 is 6.55 Å². The number of nitrogens with one attached hydrogen (secondary N) is 1. The van der Waals surface area contributed by atoms with Crippen LogP contribution in [0.1, 0.15) is 12.2 Å². The quantitative estimate of drug-likeness (QED) is 0.917. The van der Waals surface area contributed by atoms with Crippen LogP contribution in [0.15, 0.2) is 18.5 Å². The summed E-state index contributed by atoms with van der Waals surface area (Å²) in [6, 6.07) is 1.53. The minimum absolute atomic E-state index is 0. The summed E-state index contributed by atoms with van der Waals surface area (Å²) in [7, 11) is 3.24. The predicted molar refractivity (Wildman–Crippen MR) is 67.8 cm³/mol. The van der Waals surface area contributed by atoms with Gasteiger partial charge < -0.3 is 10.1 Å². The van der Waals surface area contributed by atoms with E-state index in [1.165, 1.54) is 19.4 Å². The maximum atomic E-state index is 12.6. The van der Waals surface area contributed by atoms with E-state index in [1.807, 2.05) is 0 Å². The summed E-state index contributed by atoms with van der Waals surface area (Å²) in [5, 5.41) is 10.6. The predicted octanol–water partition coefficient (Wildman–Crippen LogP) is 2.05. The SMILES string of the molecule is COc1nn(C)cc1NCc1ccnn1C(F)F.Cl. The number of halogens is 3. The molecule has 0 aliphatic carbocycles. The van der Waals surface area contributed by atoms with Crippen molar-refractivity contribution in [3.05, 3.63) is 24.2 Å². The van der Waals surface area contributed by atoms with E-state index in [2.05, 4.69) is 15.5 Å². The van der Waals surface area contributed by atoms with Gasteiger partial charge in [0.2, 0.25) is 0 Å². The molecule has 0 bridgehead atoms. The Balaban J connectivity index is 0.00000180. The van der Waals surface area contributed by atoms with Crippen molar-refractivity contribution in [1.82, 2.24) is 19.6 Å². The van der Waals surface area contributed by atoms with Crippen molar-refractivity contribution in [3.8, 4) is 5.88 Å². The van der Waals surface area contributed by atoms with Crippen molar-refractivity contribution in [2.24, 2.45) is 7.05 Å². The Labute approximate surface area is 114 Å². The largest absolute Gasteiger partial charge is 0.478 e. The zero-order valence-electron chi connectivity index (χ0n) is 10.4. The molecular formula is C10H14ClF2N5O. The minimum Gasteiger partial charge on any atom is -0.478 e. The van der Waals surface area contributed by atoms with Crippen LogP contribution in [0.5, 0.6) is 5.88 Å². The molecule has 0 unspecified atom stereocenters. The first kappa shape index (κ1) is 15.2. The van der Waals surface area contributed by atoms with Gasteiger partial charge in [-0.15, -0.1) is 17.5 Å². The van der Waals surface area contributed by atoms with Gasteiger partial charge in [-0.05, 0) is 6.07 Å². The summed E-state index contributed by atoms with van der Waals surface area (Å²) in [5.41, 5.74) is 1.03. The molecule has 19 heavy (non-hydrogen) atoms. The molecule has 0 aromatic carbocycles. The monoisotopic (exact) mass is 293 g/mol. The maximum absolute atomic E-state index is 12.6. The van der Waals surface area contributed by atoms with Crippen molar-refractivity contribution < 1.29 is 13.5 Å². The molecule has 2 aromatic rings. The third-order valence-corrected chi connectivity index (χ3v) is 2.39. The number of alkyl halides is 2. The summed E-state index contributed by atoms with van der Waals surface area (Å²) in [6.45, 7) is -2.43. The second-order valence-corrected chi connectivity index (χ2v) is 3.62. The fourth-order valence-corrected chi connectivity index (χ4v) is 1.58. The lowest BCUT2D eigenvalue weighted by molar-refractivity contribution is 0.0537. The van der Waals surface area contributed by atoms with Crippen LogP contribution < -0.4 is 10.1 Å². The molecule has 0 saturated carbocycles. The fraction of sp³-hybridized carbons (Fsp3) is 0.400. The van der Waals surface area contributed by atoms with Crippen molar-refractivity contribution >= 4 is 18.1 Å². The van der Waals surface area contributed by atoms with Crippen LogP contribution in [-0.4, -0.2) is 26.7 Å². The van der Waals surface area contributed by atoms with Crippen LogP contribution in [0, 0.1) is 0 Å². The van der Waals surface area contributed by atoms with E-state index in [0.717, 1.165) is 0 Å². The van der Waals surface area contributed by atoms with Crippen LogP contribution in [0.2, 0.25) is 0 Å². The van der Waals surface area contributed by atoms with Crippen molar-refractivity contribution in [2.45, 2.75) is 13.1 Å². The number of aromatic nitrogens is 4. The van der Waals surface area contributed by atoms with E-state index in [1.54, 1.807) is 17.9 Å². The second kappa shape index (κ2) is 6.37. The number of nitrogens with zero attached hydrogens (tertiary/aromatic N) is 4. The van der Waals surface area contributed by atoms with Gasteiger partial charge in [-0.25, -0.2) is 4.68 Å². The third-order valence-electron chi connectivity index (χ3n) is 2.39. The highest BCUT2D eigenvalue weighted by molar-refractivity contribution is 5.85. The standard InChI is InChI=1S/C10H13F2N5O.ClH/c1-16-6-8(9(15-16)18-2)13-5-7-3-4-14-17(7)10(11)12;/h3-4,6,10,13H,5H2,1-2H3;1H. The van der Waals surface area contributed by atoms with Gasteiger partial charge in [0.05, 0.1) is 25.5 Å². The number of anilines is 1. The van der Waals surface area contributed by atoms with Gasteiger partial charge in [0.25, 0.3) is 5.88 Å². The molecule has 2 aromatic heterocycles. The lowest BCUT2D eigenvalue weighted by Crippen LogP contribution is -2.09. The van der Waals surface area contributed by atoms with E-state index in [-0.39, 0.29) is 19.0 Å². The molecule has 0 amide bonds. The van der Waals surface area contributed by atoms with E-state index in [9.17, 15) is 8.78 Å². The molecule has 1 N–H and O–H groups in total. The molecule has 0 spiro atoms. The molecule has 0 saturated heterocycles. The summed E-state index contributed by atoms with van der Waals surface area (Å²) >= 11 is 0. The van der Waals surface area contributed by atoms with E-state index >= 15 is 0 Å². The van der Waals surface area contributed by atoms with E-state index in [4.69, 9.17) is 4.74 Å². The van der Waals surface area contributed by atoms with Crippen LogP contribution in [0.3, 0.4) is 0 Å². The Morgan fingerprint density at radius 2 is 2.21 bits per heavy atom. The number of methoxy groups -OCH3 is 1. The van der Waals surface area contributed by atoms with Gasteiger partial charge >= 0.3 is 6.55 Å². The third kappa shape index (κ3) is 3.34. The van der Waals surface area contributed by atoms with Crippen molar-refractivity contribution in [3.63, 3.8) is 0 Å². The molecular weight excluding hydrogens is 280 g/mol. The molecule has 106 valence electrons. The average molecular weight is 294 g/mol. The summed E-state index contributed by atoms with van der Waals surface area (Å²) in [4.78, 5) is 0. The van der Waals surface area contributed by atoms with Crippen LogP contribution in [0.4, 0.5) is 14.5 Å². The summed E-state index contributed by atoms with van der Waals surface area (Å²) in [5.74, 6) is 0.417. The molecule has 2 heterocycles. The fourth-order valence-electron chi connectivity index (χ4n) is 1.58. The van der Waals surface area contributed by atoms with Crippen LogP contribution in [0.25, 0.3) is 0 Å². The Bertz CT molecular complexity index is 528. The van der Waals surface area contributed by atoms with Gasteiger partial charge in [-0.2, -0.15) is 13.9 Å². The highest BCUT2D eigenvalue weighted by Gasteiger charge is 2.13. The summed E-state index contributed by atoms with van der Waals surface area (Å²) in [6.07, 6.45) is 3.05. The number of aryl methyl sites for hydroxylation is 1. The maximum Gasteiger partial charge on any atom is 0.333 e. The molecule has 6 nitrogen and oxygen atoms in total. The lowest BCUT2D eigenvalue weighted by Gasteiger charge is -2.08. The number of ether oxygens (including phenoxy) is 1. The lowest BCUT2D eigenvalue weighted by atomic mass is 10.4. The van der Waals surface area contributed by atoms with Crippen molar-refractivity contribution in [2.75, 3.05) is 12.4 Å². The molecule has 9 heteroatoms. The van der Waals surface area contributed by atoms with Crippen LogP contribution >= 0.6 is 12.4 Å². The topological polar surface area (TPSA) is 56.9 Å². The van der Waals surface area contributed by atoms with Gasteiger partial charge in [0, 0.05) is 13.2 Å². The normalized spacial score (nSPS) is 10.4. The zero-order valence-corrected chi connectivity index (χ0v) is 11.2. The molecule has 2 rings (SSSR count). The van der Waals surface area contributed by atoms with Gasteiger partial charge in [0.1, 0.15) is 5.69 Å². The molecule has 0 aliphatic heterocycles. The Morgan fingerprint density at radius 3 is 2.84 bits per heavy atom. The average Bonchev–Trinajstić information content (AvgIpc) is 2.92.